The van der Waals surface area contributed by atoms with Gasteiger partial charge in [0.2, 0.25) is 0 Å². The van der Waals surface area contributed by atoms with E-state index >= 15 is 0 Å². The van der Waals surface area contributed by atoms with Gasteiger partial charge in [0.25, 0.3) is 0 Å². The Kier molecular flexibility index (Phi) is 4.85. The first kappa shape index (κ1) is 12.3. The number of nitrogens with one attached hydrogen (secondary N) is 2. The fraction of sp³-hybridized carbons (Fsp3) is 0.545. The smallest absolute Gasteiger partial charge is 0.126 e. The Morgan fingerprint density at radius 3 is 2.80 bits per heavy atom. The largest absolute Gasteiger partial charge is 0.367 e. The second kappa shape index (κ2) is 5.93. The maximum absolute atomic E-state index is 4.30. The van der Waals surface area contributed by atoms with Gasteiger partial charge in [-0.3, -0.25) is 0 Å². The summed E-state index contributed by atoms with van der Waals surface area (Å²) in [5.74, 6) is 1.01. The first-order valence-electron chi connectivity index (χ1n) is 5.24. The molecule has 0 radical (unpaired) electrons. The van der Waals surface area contributed by atoms with Crippen molar-refractivity contribution in [3.63, 3.8) is 0 Å². The summed E-state index contributed by atoms with van der Waals surface area (Å²) in [7, 11) is 0. The first-order chi connectivity index (χ1) is 6.84. The SMILES string of the molecule is Cc1ccnc(NC2CCNCC2)c1.Cl. The summed E-state index contributed by atoms with van der Waals surface area (Å²) in [6, 6.07) is 4.71. The molecule has 1 aromatic rings. The zero-order valence-electron chi connectivity index (χ0n) is 8.99. The summed E-state index contributed by atoms with van der Waals surface area (Å²) in [4.78, 5) is 4.30. The molecule has 1 aromatic heterocycles. The molecule has 0 bridgehead atoms. The molecule has 0 saturated carbocycles. The molecule has 0 aromatic carbocycles. The number of nitrogens with zero attached hydrogens (tertiary/aromatic N) is 1. The van der Waals surface area contributed by atoms with Crippen LogP contribution in [0.4, 0.5) is 5.82 Å². The van der Waals surface area contributed by atoms with Crippen molar-refractivity contribution in [3.05, 3.63) is 23.9 Å². The predicted molar refractivity (Wildman–Crippen MR) is 65.7 cm³/mol. The van der Waals surface area contributed by atoms with E-state index < -0.39 is 0 Å². The Morgan fingerprint density at radius 1 is 1.40 bits per heavy atom. The molecule has 2 rings (SSSR count). The third kappa shape index (κ3) is 3.68. The molecule has 3 nitrogen and oxygen atoms in total. The second-order valence-electron chi connectivity index (χ2n) is 3.89. The molecule has 1 fully saturated rings. The van der Waals surface area contributed by atoms with Crippen LogP contribution in [0.25, 0.3) is 0 Å². The molecule has 4 heteroatoms. The number of hydrogen-bond acceptors (Lipinski definition) is 3. The van der Waals surface area contributed by atoms with Crippen LogP contribution < -0.4 is 10.6 Å². The molecular weight excluding hydrogens is 210 g/mol. The van der Waals surface area contributed by atoms with Crippen molar-refractivity contribution in [1.29, 1.82) is 0 Å². The van der Waals surface area contributed by atoms with Crippen molar-refractivity contribution in [2.75, 3.05) is 18.4 Å². The minimum atomic E-state index is 0. The molecule has 0 aliphatic carbocycles. The summed E-state index contributed by atoms with van der Waals surface area (Å²) >= 11 is 0. The maximum Gasteiger partial charge on any atom is 0.126 e. The molecule has 2 heterocycles. The lowest BCUT2D eigenvalue weighted by Gasteiger charge is -2.24. The summed E-state index contributed by atoms with van der Waals surface area (Å²) in [6.45, 7) is 4.32. The van der Waals surface area contributed by atoms with Gasteiger partial charge in [0.05, 0.1) is 0 Å². The molecule has 1 saturated heterocycles. The maximum atomic E-state index is 4.30. The number of halogens is 1. The number of aromatic nitrogens is 1. The van der Waals surface area contributed by atoms with Gasteiger partial charge in [-0.25, -0.2) is 4.98 Å². The lowest BCUT2D eigenvalue weighted by Crippen LogP contribution is -2.35. The van der Waals surface area contributed by atoms with Crippen LogP contribution in [0.2, 0.25) is 0 Å². The molecule has 1 aliphatic rings. The molecule has 1 aliphatic heterocycles. The van der Waals surface area contributed by atoms with Crippen molar-refractivity contribution < 1.29 is 0 Å². The van der Waals surface area contributed by atoms with Crippen LogP contribution in [-0.2, 0) is 0 Å². The topological polar surface area (TPSA) is 37.0 Å². The zero-order chi connectivity index (χ0) is 9.80. The van der Waals surface area contributed by atoms with E-state index in [1.165, 1.54) is 18.4 Å². The normalized spacial score (nSPS) is 16.9. The molecule has 0 unspecified atom stereocenters. The van der Waals surface area contributed by atoms with E-state index in [1.54, 1.807) is 0 Å². The van der Waals surface area contributed by atoms with Gasteiger partial charge in [0.1, 0.15) is 5.82 Å². The van der Waals surface area contributed by atoms with Gasteiger partial charge >= 0.3 is 0 Å². The second-order valence-corrected chi connectivity index (χ2v) is 3.89. The Morgan fingerprint density at radius 2 is 2.13 bits per heavy atom. The van der Waals surface area contributed by atoms with Crippen LogP contribution in [0.3, 0.4) is 0 Å². The average molecular weight is 228 g/mol. The monoisotopic (exact) mass is 227 g/mol. The quantitative estimate of drug-likeness (QED) is 0.811. The van der Waals surface area contributed by atoms with E-state index in [0.717, 1.165) is 18.9 Å². The summed E-state index contributed by atoms with van der Waals surface area (Å²) in [5, 5.41) is 6.82. The van der Waals surface area contributed by atoms with Gasteiger partial charge in [0.15, 0.2) is 0 Å². The number of pyridine rings is 1. The molecule has 84 valence electrons. The van der Waals surface area contributed by atoms with Crippen LogP contribution in [0.5, 0.6) is 0 Å². The van der Waals surface area contributed by atoms with Crippen LogP contribution in [0.15, 0.2) is 18.3 Å². The predicted octanol–water partition coefficient (Wildman–Crippen LogP) is 1.98. The van der Waals surface area contributed by atoms with Crippen LogP contribution >= 0.6 is 12.4 Å². The highest BCUT2D eigenvalue weighted by Gasteiger charge is 2.12. The third-order valence-corrected chi connectivity index (χ3v) is 2.61. The fourth-order valence-electron chi connectivity index (χ4n) is 1.79. The van der Waals surface area contributed by atoms with E-state index in [0.29, 0.717) is 6.04 Å². The average Bonchev–Trinajstić information content (AvgIpc) is 2.19. The summed E-state index contributed by atoms with van der Waals surface area (Å²) < 4.78 is 0. The number of aryl methyl sites for hydroxylation is 1. The Labute approximate surface area is 97.1 Å². The van der Waals surface area contributed by atoms with Crippen molar-refractivity contribution in [2.24, 2.45) is 0 Å². The van der Waals surface area contributed by atoms with Crippen molar-refractivity contribution in [3.8, 4) is 0 Å². The van der Waals surface area contributed by atoms with Gasteiger partial charge in [-0.15, -0.1) is 12.4 Å². The van der Waals surface area contributed by atoms with E-state index in [9.17, 15) is 0 Å². The molecule has 0 atom stereocenters. The van der Waals surface area contributed by atoms with Gasteiger partial charge in [0, 0.05) is 12.2 Å². The molecular formula is C11H18ClN3. The molecule has 0 spiro atoms. The lowest BCUT2D eigenvalue weighted by atomic mass is 10.1. The Balaban J connectivity index is 0.00000112. The van der Waals surface area contributed by atoms with E-state index in [4.69, 9.17) is 0 Å². The third-order valence-electron chi connectivity index (χ3n) is 2.61. The fourth-order valence-corrected chi connectivity index (χ4v) is 1.79. The minimum absolute atomic E-state index is 0. The van der Waals surface area contributed by atoms with Crippen LogP contribution in [0, 0.1) is 6.92 Å². The minimum Gasteiger partial charge on any atom is -0.367 e. The summed E-state index contributed by atoms with van der Waals surface area (Å²) in [5.41, 5.74) is 1.26. The zero-order valence-corrected chi connectivity index (χ0v) is 9.81. The highest BCUT2D eigenvalue weighted by Crippen LogP contribution is 2.11. The van der Waals surface area contributed by atoms with Gasteiger partial charge in [-0.2, -0.15) is 0 Å². The van der Waals surface area contributed by atoms with Crippen LogP contribution in [0.1, 0.15) is 18.4 Å². The van der Waals surface area contributed by atoms with E-state index in [1.807, 2.05) is 12.3 Å². The van der Waals surface area contributed by atoms with Gasteiger partial charge in [-0.1, -0.05) is 0 Å². The first-order valence-corrected chi connectivity index (χ1v) is 5.24. The van der Waals surface area contributed by atoms with Crippen LogP contribution in [-0.4, -0.2) is 24.1 Å². The molecule has 2 N–H and O–H groups in total. The Bertz CT molecular complexity index is 298. The number of anilines is 1. The van der Waals surface area contributed by atoms with Gasteiger partial charge < -0.3 is 10.6 Å². The number of hydrogen-bond donors (Lipinski definition) is 2. The highest BCUT2D eigenvalue weighted by atomic mass is 35.5. The number of rotatable bonds is 2. The standard InChI is InChI=1S/C11H17N3.ClH/c1-9-2-7-13-11(8-9)14-10-3-5-12-6-4-10;/h2,7-8,10,12H,3-6H2,1H3,(H,13,14);1H. The van der Waals surface area contributed by atoms with Crippen molar-refractivity contribution in [2.45, 2.75) is 25.8 Å². The number of piperidine rings is 1. The summed E-state index contributed by atoms with van der Waals surface area (Å²) in [6.07, 6.45) is 4.24. The van der Waals surface area contributed by atoms with Gasteiger partial charge in [-0.05, 0) is 50.6 Å². The highest BCUT2D eigenvalue weighted by molar-refractivity contribution is 5.85. The van der Waals surface area contributed by atoms with E-state index in [-0.39, 0.29) is 12.4 Å². The van der Waals surface area contributed by atoms with Crippen molar-refractivity contribution >= 4 is 18.2 Å². The van der Waals surface area contributed by atoms with Crippen molar-refractivity contribution in [1.82, 2.24) is 10.3 Å². The molecule has 0 amide bonds. The Hall–Kier alpha value is -0.800. The van der Waals surface area contributed by atoms with E-state index in [2.05, 4.69) is 28.6 Å². The molecule has 15 heavy (non-hydrogen) atoms. The lowest BCUT2D eigenvalue weighted by molar-refractivity contribution is 0.478.